The van der Waals surface area contributed by atoms with Gasteiger partial charge in [0.25, 0.3) is 0 Å². The molecule has 2 aromatic rings. The summed E-state index contributed by atoms with van der Waals surface area (Å²) in [4.78, 5) is 0.505. The molecule has 0 aliphatic rings. The molecule has 1 atom stereocenters. The molecule has 0 saturated heterocycles. The van der Waals surface area contributed by atoms with Crippen LogP contribution in [0.3, 0.4) is 0 Å². The van der Waals surface area contributed by atoms with E-state index in [1.807, 2.05) is 0 Å². The standard InChI is InChI=1S/C11H11NO5S4/c1-20(14,15)9-4-2-8(3-5-9)19(13)10-6-7-11(18-10)21(12,16)17/h2-7H,1H3,(H2,12,16,17)/t19-/m0/s1. The van der Waals surface area contributed by atoms with Crippen LogP contribution >= 0.6 is 11.3 Å². The van der Waals surface area contributed by atoms with E-state index in [2.05, 4.69) is 0 Å². The van der Waals surface area contributed by atoms with Gasteiger partial charge in [-0.05, 0) is 36.4 Å². The van der Waals surface area contributed by atoms with E-state index in [9.17, 15) is 21.0 Å². The Bertz CT molecular complexity index is 894. The molecule has 21 heavy (non-hydrogen) atoms. The number of rotatable bonds is 4. The van der Waals surface area contributed by atoms with Crippen molar-refractivity contribution >= 4 is 42.0 Å². The highest BCUT2D eigenvalue weighted by molar-refractivity contribution is 7.92. The van der Waals surface area contributed by atoms with Crippen LogP contribution in [0.15, 0.2) is 54.6 Å². The van der Waals surface area contributed by atoms with Crippen LogP contribution in [0.5, 0.6) is 0 Å². The maximum Gasteiger partial charge on any atom is 0.247 e. The molecule has 0 amide bonds. The third kappa shape index (κ3) is 3.77. The van der Waals surface area contributed by atoms with Crippen molar-refractivity contribution in [2.45, 2.75) is 18.2 Å². The first kappa shape index (κ1) is 16.3. The largest absolute Gasteiger partial charge is 0.248 e. The smallest absolute Gasteiger partial charge is 0.247 e. The van der Waals surface area contributed by atoms with E-state index < -0.39 is 30.7 Å². The number of hydrogen-bond donors (Lipinski definition) is 1. The van der Waals surface area contributed by atoms with Crippen molar-refractivity contribution < 1.29 is 21.0 Å². The van der Waals surface area contributed by atoms with Gasteiger partial charge in [0.05, 0.1) is 19.9 Å². The Morgan fingerprint density at radius 3 is 2.00 bits per heavy atom. The van der Waals surface area contributed by atoms with E-state index in [0.29, 0.717) is 9.10 Å². The Kier molecular flexibility index (Phi) is 4.36. The van der Waals surface area contributed by atoms with Gasteiger partial charge in [-0.2, -0.15) is 0 Å². The summed E-state index contributed by atoms with van der Waals surface area (Å²) < 4.78 is 57.6. The van der Waals surface area contributed by atoms with Crippen molar-refractivity contribution in [3.63, 3.8) is 0 Å². The van der Waals surface area contributed by atoms with Crippen molar-refractivity contribution in [2.24, 2.45) is 5.14 Å². The average molecular weight is 365 g/mol. The predicted octanol–water partition coefficient (Wildman–Crippen LogP) is 0.966. The summed E-state index contributed by atoms with van der Waals surface area (Å²) in [5, 5.41) is 4.99. The van der Waals surface area contributed by atoms with Gasteiger partial charge in [0, 0.05) is 11.2 Å². The van der Waals surface area contributed by atoms with Crippen LogP contribution in [0.25, 0.3) is 0 Å². The van der Waals surface area contributed by atoms with Crippen molar-refractivity contribution in [3.05, 3.63) is 36.4 Å². The van der Waals surface area contributed by atoms with Gasteiger partial charge in [0.2, 0.25) is 10.0 Å². The predicted molar refractivity (Wildman–Crippen MR) is 79.9 cm³/mol. The molecule has 0 saturated carbocycles. The lowest BCUT2D eigenvalue weighted by molar-refractivity contribution is 0.598. The molecule has 0 aliphatic carbocycles. The van der Waals surface area contributed by atoms with E-state index in [1.54, 1.807) is 0 Å². The Morgan fingerprint density at radius 1 is 1.00 bits per heavy atom. The highest BCUT2D eigenvalue weighted by Gasteiger charge is 2.16. The Balaban J connectivity index is 2.35. The van der Waals surface area contributed by atoms with Gasteiger partial charge in [-0.15, -0.1) is 11.3 Å². The van der Waals surface area contributed by atoms with E-state index in [4.69, 9.17) is 5.14 Å². The summed E-state index contributed by atoms with van der Waals surface area (Å²) in [5.41, 5.74) is 0. The maximum atomic E-state index is 12.3. The number of primary sulfonamides is 1. The molecule has 1 aromatic carbocycles. The molecule has 0 aliphatic heterocycles. The molecule has 0 fully saturated rings. The molecule has 0 bridgehead atoms. The number of benzene rings is 1. The Hall–Kier alpha value is -1.07. The fourth-order valence-electron chi connectivity index (χ4n) is 1.48. The normalized spacial score (nSPS) is 14.0. The Labute approximate surface area is 129 Å². The second-order valence-electron chi connectivity index (χ2n) is 4.13. The SMILES string of the molecule is CS(=O)(=O)c1ccc([S@](=O)c2ccc(S(N)(=O)=O)s2)cc1. The van der Waals surface area contributed by atoms with Gasteiger partial charge in [0.15, 0.2) is 9.84 Å². The quantitative estimate of drug-likeness (QED) is 0.867. The summed E-state index contributed by atoms with van der Waals surface area (Å²) in [5.74, 6) is 0. The van der Waals surface area contributed by atoms with Gasteiger partial charge in [0.1, 0.15) is 4.21 Å². The van der Waals surface area contributed by atoms with Gasteiger partial charge in [-0.3, -0.25) is 0 Å². The maximum absolute atomic E-state index is 12.3. The molecule has 2 rings (SSSR count). The molecule has 0 spiro atoms. The zero-order chi connectivity index (χ0) is 15.8. The van der Waals surface area contributed by atoms with Crippen LogP contribution in [-0.4, -0.2) is 27.3 Å². The number of sulfone groups is 1. The average Bonchev–Trinajstić information content (AvgIpc) is 2.86. The highest BCUT2D eigenvalue weighted by Crippen LogP contribution is 2.27. The van der Waals surface area contributed by atoms with Gasteiger partial charge >= 0.3 is 0 Å². The highest BCUT2D eigenvalue weighted by atomic mass is 32.3. The summed E-state index contributed by atoms with van der Waals surface area (Å²) >= 11 is 0.821. The van der Waals surface area contributed by atoms with Crippen LogP contribution in [0.1, 0.15) is 0 Å². The second-order valence-corrected chi connectivity index (χ2v) is 10.7. The molecule has 0 radical (unpaired) electrons. The third-order valence-electron chi connectivity index (χ3n) is 2.49. The molecule has 1 heterocycles. The molecular weight excluding hydrogens is 354 g/mol. The molecule has 2 N–H and O–H groups in total. The van der Waals surface area contributed by atoms with Crippen molar-refractivity contribution in [1.29, 1.82) is 0 Å². The Morgan fingerprint density at radius 2 is 1.57 bits per heavy atom. The van der Waals surface area contributed by atoms with Crippen LogP contribution in [0.4, 0.5) is 0 Å². The monoisotopic (exact) mass is 365 g/mol. The minimum atomic E-state index is -3.82. The van der Waals surface area contributed by atoms with E-state index in [1.165, 1.54) is 36.4 Å². The molecule has 10 heteroatoms. The summed E-state index contributed by atoms with van der Waals surface area (Å²) in [6, 6.07) is 8.29. The lowest BCUT2D eigenvalue weighted by Crippen LogP contribution is -2.09. The molecular formula is C11H11NO5S4. The first-order chi connectivity index (χ1) is 9.59. The number of nitrogens with two attached hydrogens (primary N) is 1. The minimum Gasteiger partial charge on any atom is -0.248 e. The minimum absolute atomic E-state index is 0.0707. The zero-order valence-corrected chi connectivity index (χ0v) is 14.0. The van der Waals surface area contributed by atoms with Crippen molar-refractivity contribution in [3.8, 4) is 0 Å². The van der Waals surface area contributed by atoms with Crippen LogP contribution in [0, 0.1) is 0 Å². The number of thiophene rings is 1. The molecule has 0 unspecified atom stereocenters. The van der Waals surface area contributed by atoms with E-state index in [-0.39, 0.29) is 9.10 Å². The van der Waals surface area contributed by atoms with Gasteiger partial charge in [-0.25, -0.2) is 26.2 Å². The van der Waals surface area contributed by atoms with Gasteiger partial charge < -0.3 is 0 Å². The summed E-state index contributed by atoms with van der Waals surface area (Å²) in [6.07, 6.45) is 1.08. The second kappa shape index (κ2) is 5.61. The first-order valence-corrected chi connectivity index (χ1v) is 10.8. The summed E-state index contributed by atoms with van der Waals surface area (Å²) in [6.45, 7) is 0. The fourth-order valence-corrected chi connectivity index (χ4v) is 5.40. The van der Waals surface area contributed by atoms with Crippen molar-refractivity contribution in [1.82, 2.24) is 0 Å². The number of sulfonamides is 1. The lowest BCUT2D eigenvalue weighted by atomic mass is 10.4. The topological polar surface area (TPSA) is 111 Å². The molecule has 1 aromatic heterocycles. The lowest BCUT2D eigenvalue weighted by Gasteiger charge is -2.01. The molecule has 6 nitrogen and oxygen atoms in total. The molecule has 114 valence electrons. The van der Waals surface area contributed by atoms with Crippen LogP contribution in [0.2, 0.25) is 0 Å². The van der Waals surface area contributed by atoms with E-state index >= 15 is 0 Å². The number of hydrogen-bond acceptors (Lipinski definition) is 6. The third-order valence-corrected chi connectivity index (χ3v) is 7.84. The first-order valence-electron chi connectivity index (χ1n) is 5.43. The van der Waals surface area contributed by atoms with E-state index in [0.717, 1.165) is 17.6 Å². The fraction of sp³-hybridized carbons (Fsp3) is 0.0909. The van der Waals surface area contributed by atoms with Crippen LogP contribution < -0.4 is 5.14 Å². The van der Waals surface area contributed by atoms with Crippen molar-refractivity contribution in [2.75, 3.05) is 6.26 Å². The summed E-state index contributed by atoms with van der Waals surface area (Å²) in [7, 11) is -8.73. The van der Waals surface area contributed by atoms with Gasteiger partial charge in [-0.1, -0.05) is 0 Å². The zero-order valence-electron chi connectivity index (χ0n) is 10.7. The van der Waals surface area contributed by atoms with Crippen LogP contribution in [-0.2, 0) is 30.7 Å².